The zero-order valence-electron chi connectivity index (χ0n) is 10.4. The lowest BCUT2D eigenvalue weighted by molar-refractivity contribution is 0.259. The molecule has 1 heterocycles. The number of ether oxygens (including phenoxy) is 2. The largest absolute Gasteiger partial charge is 0.496 e. The molecule has 1 aliphatic rings. The van der Waals surface area contributed by atoms with Crippen molar-refractivity contribution in [2.75, 3.05) is 13.7 Å². The third-order valence-electron chi connectivity index (χ3n) is 3.46. The number of hydrogen-bond acceptors (Lipinski definition) is 2. The van der Waals surface area contributed by atoms with E-state index >= 15 is 0 Å². The summed E-state index contributed by atoms with van der Waals surface area (Å²) in [6, 6.07) is 16.4. The van der Waals surface area contributed by atoms with Gasteiger partial charge in [-0.3, -0.25) is 0 Å². The fourth-order valence-corrected chi connectivity index (χ4v) is 2.53. The minimum Gasteiger partial charge on any atom is -0.496 e. The van der Waals surface area contributed by atoms with Crippen LogP contribution in [0.15, 0.2) is 48.5 Å². The fraction of sp³-hybridized carbons (Fsp3) is 0.250. The van der Waals surface area contributed by atoms with Crippen LogP contribution in [0.3, 0.4) is 0 Å². The first kappa shape index (κ1) is 11.1. The monoisotopic (exact) mass is 240 g/mol. The van der Waals surface area contributed by atoms with Crippen molar-refractivity contribution in [3.05, 3.63) is 59.7 Å². The van der Waals surface area contributed by atoms with E-state index in [1.54, 1.807) is 7.11 Å². The molecule has 2 nitrogen and oxygen atoms in total. The zero-order chi connectivity index (χ0) is 12.4. The minimum absolute atomic E-state index is 0.371. The van der Waals surface area contributed by atoms with Gasteiger partial charge in [-0.25, -0.2) is 0 Å². The third kappa shape index (κ3) is 1.94. The molecular formula is C16H16O2. The second-order valence-corrected chi connectivity index (χ2v) is 4.56. The van der Waals surface area contributed by atoms with Crippen molar-refractivity contribution in [3.8, 4) is 11.5 Å². The normalized spacial score (nSPS) is 17.7. The van der Waals surface area contributed by atoms with Gasteiger partial charge in [0.1, 0.15) is 11.5 Å². The van der Waals surface area contributed by atoms with Crippen molar-refractivity contribution in [3.63, 3.8) is 0 Å². The number of hydrogen-bond donors (Lipinski definition) is 0. The molecule has 0 bridgehead atoms. The van der Waals surface area contributed by atoms with Gasteiger partial charge in [0.15, 0.2) is 0 Å². The average Bonchev–Trinajstić information content (AvgIpc) is 2.46. The zero-order valence-corrected chi connectivity index (χ0v) is 10.4. The number of rotatable bonds is 2. The Bertz CT molecular complexity index is 548. The van der Waals surface area contributed by atoms with Crippen molar-refractivity contribution >= 4 is 0 Å². The molecule has 0 aromatic heterocycles. The fourth-order valence-electron chi connectivity index (χ4n) is 2.53. The van der Waals surface area contributed by atoms with Crippen LogP contribution in [0.2, 0.25) is 0 Å². The first-order chi connectivity index (χ1) is 8.88. The quantitative estimate of drug-likeness (QED) is 0.800. The highest BCUT2D eigenvalue weighted by atomic mass is 16.5. The van der Waals surface area contributed by atoms with Gasteiger partial charge >= 0.3 is 0 Å². The van der Waals surface area contributed by atoms with Crippen LogP contribution < -0.4 is 9.47 Å². The predicted octanol–water partition coefficient (Wildman–Crippen LogP) is 3.41. The van der Waals surface area contributed by atoms with Crippen LogP contribution in [0.1, 0.15) is 17.0 Å². The van der Waals surface area contributed by atoms with E-state index in [-0.39, 0.29) is 0 Å². The number of para-hydroxylation sites is 2. The molecule has 0 aliphatic carbocycles. The van der Waals surface area contributed by atoms with Crippen LogP contribution >= 0.6 is 0 Å². The SMILES string of the molecule is COc1ccccc1C1COc2ccccc2C1. The average molecular weight is 240 g/mol. The Kier molecular flexibility index (Phi) is 2.93. The standard InChI is InChI=1S/C16H16O2/c1-17-16-9-5-3-7-14(16)13-10-12-6-2-4-8-15(12)18-11-13/h2-9,13H,10-11H2,1H3. The lowest BCUT2D eigenvalue weighted by Crippen LogP contribution is -2.19. The first-order valence-corrected chi connectivity index (χ1v) is 6.22. The highest BCUT2D eigenvalue weighted by Gasteiger charge is 2.23. The van der Waals surface area contributed by atoms with Gasteiger partial charge in [-0.15, -0.1) is 0 Å². The van der Waals surface area contributed by atoms with E-state index in [1.807, 2.05) is 24.3 Å². The van der Waals surface area contributed by atoms with Crippen molar-refractivity contribution in [2.45, 2.75) is 12.3 Å². The maximum Gasteiger partial charge on any atom is 0.122 e. The maximum atomic E-state index is 5.83. The van der Waals surface area contributed by atoms with E-state index in [4.69, 9.17) is 9.47 Å². The number of methoxy groups -OCH3 is 1. The molecule has 2 aromatic rings. The third-order valence-corrected chi connectivity index (χ3v) is 3.46. The summed E-state index contributed by atoms with van der Waals surface area (Å²) in [5, 5.41) is 0. The summed E-state index contributed by atoms with van der Waals surface area (Å²) in [4.78, 5) is 0. The summed E-state index contributed by atoms with van der Waals surface area (Å²) in [7, 11) is 1.72. The molecular weight excluding hydrogens is 224 g/mol. The second kappa shape index (κ2) is 4.73. The molecule has 92 valence electrons. The lowest BCUT2D eigenvalue weighted by atomic mass is 9.90. The van der Waals surface area contributed by atoms with E-state index in [0.717, 1.165) is 24.5 Å². The minimum atomic E-state index is 0.371. The molecule has 0 N–H and O–H groups in total. The number of benzene rings is 2. The molecule has 0 amide bonds. The molecule has 0 saturated heterocycles. The molecule has 0 fully saturated rings. The summed E-state index contributed by atoms with van der Waals surface area (Å²) in [5.41, 5.74) is 2.51. The van der Waals surface area contributed by atoms with Gasteiger partial charge in [0.05, 0.1) is 13.7 Å². The summed E-state index contributed by atoms with van der Waals surface area (Å²) in [6.45, 7) is 0.720. The highest BCUT2D eigenvalue weighted by Crippen LogP contribution is 2.35. The highest BCUT2D eigenvalue weighted by molar-refractivity contribution is 5.42. The smallest absolute Gasteiger partial charge is 0.122 e. The van der Waals surface area contributed by atoms with Gasteiger partial charge in [-0.1, -0.05) is 36.4 Å². The van der Waals surface area contributed by atoms with Crippen molar-refractivity contribution in [1.82, 2.24) is 0 Å². The van der Waals surface area contributed by atoms with Gasteiger partial charge in [-0.05, 0) is 24.1 Å². The van der Waals surface area contributed by atoms with Gasteiger partial charge < -0.3 is 9.47 Å². The number of fused-ring (bicyclic) bond motifs is 1. The lowest BCUT2D eigenvalue weighted by Gasteiger charge is -2.26. The van der Waals surface area contributed by atoms with Crippen LogP contribution in [0.5, 0.6) is 11.5 Å². The van der Waals surface area contributed by atoms with E-state index in [0.29, 0.717) is 5.92 Å². The molecule has 1 unspecified atom stereocenters. The molecule has 2 heteroatoms. The van der Waals surface area contributed by atoms with Gasteiger partial charge in [-0.2, -0.15) is 0 Å². The Hall–Kier alpha value is -1.96. The molecule has 3 rings (SSSR count). The predicted molar refractivity (Wildman–Crippen MR) is 71.4 cm³/mol. The van der Waals surface area contributed by atoms with Gasteiger partial charge in [0.25, 0.3) is 0 Å². The Labute approximate surface area is 107 Å². The van der Waals surface area contributed by atoms with E-state index in [1.165, 1.54) is 11.1 Å². The molecule has 0 saturated carbocycles. The first-order valence-electron chi connectivity index (χ1n) is 6.22. The van der Waals surface area contributed by atoms with E-state index < -0.39 is 0 Å². The molecule has 0 spiro atoms. The summed E-state index contributed by atoms with van der Waals surface area (Å²) >= 11 is 0. The van der Waals surface area contributed by atoms with Crippen molar-refractivity contribution in [2.24, 2.45) is 0 Å². The van der Waals surface area contributed by atoms with Gasteiger partial charge in [0, 0.05) is 11.5 Å². The molecule has 2 aromatic carbocycles. The van der Waals surface area contributed by atoms with Crippen molar-refractivity contribution in [1.29, 1.82) is 0 Å². The summed E-state index contributed by atoms with van der Waals surface area (Å²) in [6.07, 6.45) is 1.01. The Morgan fingerprint density at radius 3 is 2.72 bits per heavy atom. The molecule has 0 radical (unpaired) electrons. The Balaban J connectivity index is 1.92. The van der Waals surface area contributed by atoms with Crippen LogP contribution in [-0.4, -0.2) is 13.7 Å². The molecule has 18 heavy (non-hydrogen) atoms. The Morgan fingerprint density at radius 1 is 1.06 bits per heavy atom. The van der Waals surface area contributed by atoms with Crippen LogP contribution in [-0.2, 0) is 6.42 Å². The molecule has 1 aliphatic heterocycles. The van der Waals surface area contributed by atoms with Crippen LogP contribution in [0.4, 0.5) is 0 Å². The summed E-state index contributed by atoms with van der Waals surface area (Å²) in [5.74, 6) is 2.34. The second-order valence-electron chi connectivity index (χ2n) is 4.56. The Morgan fingerprint density at radius 2 is 1.83 bits per heavy atom. The topological polar surface area (TPSA) is 18.5 Å². The van der Waals surface area contributed by atoms with Gasteiger partial charge in [0.2, 0.25) is 0 Å². The van der Waals surface area contributed by atoms with E-state index in [9.17, 15) is 0 Å². The van der Waals surface area contributed by atoms with Crippen LogP contribution in [0.25, 0.3) is 0 Å². The maximum absolute atomic E-state index is 5.83. The molecule has 1 atom stereocenters. The summed E-state index contributed by atoms with van der Waals surface area (Å²) < 4.78 is 11.3. The van der Waals surface area contributed by atoms with Crippen molar-refractivity contribution < 1.29 is 9.47 Å². The van der Waals surface area contributed by atoms with Crippen LogP contribution in [0, 0.1) is 0 Å². The van der Waals surface area contributed by atoms with E-state index in [2.05, 4.69) is 24.3 Å².